The molecule has 40 heavy (non-hydrogen) atoms. The Hall–Kier alpha value is -4.49. The van der Waals surface area contributed by atoms with E-state index in [4.69, 9.17) is 4.99 Å². The van der Waals surface area contributed by atoms with Crippen LogP contribution in [0.5, 0.6) is 0 Å². The second kappa shape index (κ2) is 8.50. The summed E-state index contributed by atoms with van der Waals surface area (Å²) in [5, 5.41) is 0. The van der Waals surface area contributed by atoms with Gasteiger partial charge < -0.3 is 0 Å². The fourth-order valence-corrected chi connectivity index (χ4v) is 7.88. The van der Waals surface area contributed by atoms with Crippen molar-refractivity contribution in [2.45, 2.75) is 12.8 Å². The van der Waals surface area contributed by atoms with Crippen LogP contribution >= 0.6 is 0 Å². The Morgan fingerprint density at radius 1 is 0.650 bits per heavy atom. The first-order chi connectivity index (χ1) is 19.9. The maximum atomic E-state index is 5.32. The van der Waals surface area contributed by atoms with E-state index in [1.807, 2.05) is 0 Å². The summed E-state index contributed by atoms with van der Waals surface area (Å²) >= 11 is 0. The van der Waals surface area contributed by atoms with Crippen molar-refractivity contribution in [2.75, 3.05) is 0 Å². The highest BCUT2D eigenvalue weighted by atomic mass is 14.8. The summed E-state index contributed by atoms with van der Waals surface area (Å²) in [6.07, 6.45) is 30.5. The first-order valence-corrected chi connectivity index (χ1v) is 14.6. The van der Waals surface area contributed by atoms with Crippen LogP contribution in [0.25, 0.3) is 16.7 Å². The number of benzene rings is 2. The second-order valence-electron chi connectivity index (χ2n) is 11.7. The van der Waals surface area contributed by atoms with E-state index in [9.17, 15) is 0 Å². The van der Waals surface area contributed by atoms with Crippen molar-refractivity contribution in [2.24, 2.45) is 28.7 Å². The van der Waals surface area contributed by atoms with Gasteiger partial charge in [-0.15, -0.1) is 0 Å². The van der Waals surface area contributed by atoms with E-state index in [-0.39, 0.29) is 5.92 Å². The number of fused-ring (bicyclic) bond motifs is 6. The molecule has 1 heteroatoms. The van der Waals surface area contributed by atoms with Crippen LogP contribution in [0.4, 0.5) is 0 Å². The molecule has 0 N–H and O–H groups in total. The van der Waals surface area contributed by atoms with Gasteiger partial charge in [0.05, 0.1) is 11.4 Å². The van der Waals surface area contributed by atoms with Crippen LogP contribution in [0, 0.1) is 23.7 Å². The van der Waals surface area contributed by atoms with Gasteiger partial charge in [-0.3, -0.25) is 0 Å². The predicted molar refractivity (Wildman–Crippen MR) is 166 cm³/mol. The van der Waals surface area contributed by atoms with E-state index in [0.29, 0.717) is 17.8 Å². The van der Waals surface area contributed by atoms with Crippen LogP contribution in [0.1, 0.15) is 29.5 Å². The highest BCUT2D eigenvalue weighted by molar-refractivity contribution is 6.38. The molecule has 4 atom stereocenters. The normalized spacial score (nSPS) is 28.4. The van der Waals surface area contributed by atoms with Gasteiger partial charge in [0.2, 0.25) is 0 Å². The van der Waals surface area contributed by atoms with Crippen LogP contribution < -0.4 is 0 Å². The number of allylic oxidation sites excluding steroid dienone is 18. The van der Waals surface area contributed by atoms with Crippen molar-refractivity contribution in [1.82, 2.24) is 0 Å². The molecule has 0 bridgehead atoms. The minimum atomic E-state index is 0.284. The minimum Gasteiger partial charge on any atom is -0.247 e. The number of rotatable bonds is 3. The molecule has 9 rings (SSSR count). The third-order valence-electron chi connectivity index (χ3n) is 9.64. The molecule has 2 aromatic rings. The fourth-order valence-electron chi connectivity index (χ4n) is 7.88. The van der Waals surface area contributed by atoms with E-state index in [2.05, 4.69) is 128 Å². The Balaban J connectivity index is 1.22. The third-order valence-corrected chi connectivity index (χ3v) is 9.64. The first kappa shape index (κ1) is 22.3. The van der Waals surface area contributed by atoms with Crippen molar-refractivity contribution >= 4 is 22.4 Å². The predicted octanol–water partition coefficient (Wildman–Crippen LogP) is 9.02. The summed E-state index contributed by atoms with van der Waals surface area (Å²) in [7, 11) is 0. The van der Waals surface area contributed by atoms with Crippen LogP contribution in [0.3, 0.4) is 0 Å². The van der Waals surface area contributed by atoms with Gasteiger partial charge in [-0.25, -0.2) is 4.99 Å². The Morgan fingerprint density at radius 3 is 2.20 bits per heavy atom. The second-order valence-corrected chi connectivity index (χ2v) is 11.7. The molecular formula is C39H29N. The molecule has 0 amide bonds. The van der Waals surface area contributed by atoms with Crippen molar-refractivity contribution < 1.29 is 0 Å². The maximum Gasteiger partial charge on any atom is 0.0806 e. The number of hydrogen-bond donors (Lipinski definition) is 0. The van der Waals surface area contributed by atoms with Crippen LogP contribution in [-0.2, 0) is 0 Å². The molecule has 0 radical (unpaired) electrons. The van der Waals surface area contributed by atoms with Crippen LogP contribution in [0.15, 0.2) is 160 Å². The number of nitrogens with zero attached hydrogens (tertiary/aromatic N) is 1. The quantitative estimate of drug-likeness (QED) is 0.390. The first-order valence-electron chi connectivity index (χ1n) is 14.6. The molecule has 0 saturated heterocycles. The zero-order chi connectivity index (χ0) is 26.2. The maximum absolute atomic E-state index is 5.32. The molecule has 1 nitrogen and oxygen atoms in total. The monoisotopic (exact) mass is 511 g/mol. The van der Waals surface area contributed by atoms with E-state index >= 15 is 0 Å². The lowest BCUT2D eigenvalue weighted by Crippen LogP contribution is -2.33. The number of hydrogen-bond acceptors (Lipinski definition) is 1. The van der Waals surface area contributed by atoms with Gasteiger partial charge in [0, 0.05) is 29.2 Å². The molecule has 0 aromatic heterocycles. The lowest BCUT2D eigenvalue weighted by molar-refractivity contribution is 0.573. The third kappa shape index (κ3) is 3.06. The summed E-state index contributed by atoms with van der Waals surface area (Å²) in [6.45, 7) is 0. The molecule has 0 saturated carbocycles. The molecule has 7 aliphatic rings. The molecule has 190 valence electrons. The zero-order valence-corrected chi connectivity index (χ0v) is 22.3. The summed E-state index contributed by atoms with van der Waals surface area (Å²) in [5.74, 6) is 1.36. The molecule has 6 aliphatic carbocycles. The largest absolute Gasteiger partial charge is 0.247 e. The highest BCUT2D eigenvalue weighted by Crippen LogP contribution is 2.59. The van der Waals surface area contributed by atoms with E-state index < -0.39 is 0 Å². The average molecular weight is 512 g/mol. The van der Waals surface area contributed by atoms with E-state index in [1.165, 1.54) is 61.4 Å². The molecule has 4 unspecified atom stereocenters. The van der Waals surface area contributed by atoms with Gasteiger partial charge in [-0.05, 0) is 63.0 Å². The molecule has 1 heterocycles. The molecule has 2 aromatic carbocycles. The minimum absolute atomic E-state index is 0.284. The van der Waals surface area contributed by atoms with Crippen LogP contribution in [-0.4, -0.2) is 5.71 Å². The molecule has 1 aliphatic heterocycles. The Morgan fingerprint density at radius 2 is 1.38 bits per heavy atom. The number of aliphatic imine (C=N–C) groups is 1. The fraction of sp³-hybridized carbons (Fsp3) is 0.154. The van der Waals surface area contributed by atoms with Crippen LogP contribution in [0.2, 0.25) is 0 Å². The van der Waals surface area contributed by atoms with Gasteiger partial charge in [0.1, 0.15) is 0 Å². The van der Waals surface area contributed by atoms with Crippen molar-refractivity contribution in [3.63, 3.8) is 0 Å². The smallest absolute Gasteiger partial charge is 0.0806 e. The summed E-state index contributed by atoms with van der Waals surface area (Å²) in [6, 6.07) is 19.9. The van der Waals surface area contributed by atoms with Gasteiger partial charge in [-0.1, -0.05) is 128 Å². The van der Waals surface area contributed by atoms with Crippen molar-refractivity contribution in [3.8, 4) is 0 Å². The van der Waals surface area contributed by atoms with Crippen molar-refractivity contribution in [1.29, 1.82) is 0 Å². The highest BCUT2D eigenvalue weighted by Gasteiger charge is 2.46. The summed E-state index contributed by atoms with van der Waals surface area (Å²) in [5.41, 5.74) is 16.2. The van der Waals surface area contributed by atoms with Gasteiger partial charge in [0.15, 0.2) is 0 Å². The summed E-state index contributed by atoms with van der Waals surface area (Å²) < 4.78 is 0. The summed E-state index contributed by atoms with van der Waals surface area (Å²) in [4.78, 5) is 5.32. The molecule has 0 fully saturated rings. The SMILES string of the molecule is C1=CC2C(C3=NC(C4=CCCC=C4)=C3c3ccccc3)=CC3=C(C=C4c5ccccc5C5=CC=CC3C54)C2C=C1. The Labute approximate surface area is 235 Å². The van der Waals surface area contributed by atoms with Gasteiger partial charge in [-0.2, -0.15) is 0 Å². The van der Waals surface area contributed by atoms with E-state index in [0.717, 1.165) is 18.5 Å². The van der Waals surface area contributed by atoms with Crippen molar-refractivity contribution in [3.05, 3.63) is 172 Å². The lowest BCUT2D eigenvalue weighted by Gasteiger charge is -2.42. The van der Waals surface area contributed by atoms with Gasteiger partial charge >= 0.3 is 0 Å². The topological polar surface area (TPSA) is 12.4 Å². The van der Waals surface area contributed by atoms with Gasteiger partial charge in [0.25, 0.3) is 0 Å². The molecular weight excluding hydrogens is 482 g/mol. The molecule has 0 spiro atoms. The standard InChI is InChI=1S/C39H29N/c1-3-12-24(13-4-1)36-38(25-14-5-2-6-15-25)40-39(36)35-23-33-31-21-11-20-30-26-16-7-9-18-28(26)34(37(30)31)22-32(33)27-17-8-10-19-29(27)35/h1,3-5,7-23,27,29,31,37H,2,6H2. The lowest BCUT2D eigenvalue weighted by atomic mass is 9.62. The zero-order valence-electron chi connectivity index (χ0n) is 22.3. The Kier molecular flexibility index (Phi) is 4.75. The average Bonchev–Trinajstić information content (AvgIpc) is 3.33. The Bertz CT molecular complexity index is 1840. The van der Waals surface area contributed by atoms with E-state index in [1.54, 1.807) is 0 Å².